The molecule has 80 valence electrons. The Morgan fingerprint density at radius 1 is 1.38 bits per heavy atom. The van der Waals surface area contributed by atoms with E-state index in [1.54, 1.807) is 7.05 Å². The second-order valence-corrected chi connectivity index (χ2v) is 3.34. The summed E-state index contributed by atoms with van der Waals surface area (Å²) in [7, 11) is 7.49. The van der Waals surface area contributed by atoms with E-state index in [9.17, 15) is 13.2 Å². The number of aliphatic imine (C=N–C) groups is 1. The lowest BCUT2D eigenvalue weighted by Gasteiger charge is -2.12. The minimum absolute atomic E-state index is 0.378. The summed E-state index contributed by atoms with van der Waals surface area (Å²) in [5, 5.41) is 2.93. The molecule has 0 unspecified atom stereocenters. The fourth-order valence-electron chi connectivity index (χ4n) is 0.535. The molecule has 0 saturated carbocycles. The van der Waals surface area contributed by atoms with Gasteiger partial charge in [0.25, 0.3) is 0 Å². The van der Waals surface area contributed by atoms with Crippen molar-refractivity contribution in [3.8, 4) is 0 Å². The van der Waals surface area contributed by atoms with E-state index in [1.807, 2.05) is 26.0 Å². The van der Waals surface area contributed by atoms with Gasteiger partial charge in [0.1, 0.15) is 0 Å². The molecule has 0 spiro atoms. The normalized spacial score (nSPS) is 11.5. The third-order valence-electron chi connectivity index (χ3n) is 0.859. The van der Waals surface area contributed by atoms with Crippen LogP contribution in [0.2, 0.25) is 0 Å². The Kier molecular flexibility index (Phi) is 8.48. The molecule has 0 atom stereocenters. The Morgan fingerprint density at radius 2 is 1.69 bits per heavy atom. The molecule has 3 nitrogen and oxygen atoms in total. The number of nitrogens with one attached hydrogen (secondary N) is 1. The molecule has 0 aromatic carbocycles. The second-order valence-electron chi connectivity index (χ2n) is 2.12. The zero-order valence-electron chi connectivity index (χ0n) is 7.91. The highest BCUT2D eigenvalue weighted by atomic mass is 127. The van der Waals surface area contributed by atoms with Crippen LogP contribution < -0.4 is 5.32 Å². The molecule has 0 heterocycles. The van der Waals surface area contributed by atoms with Crippen LogP contribution in [0, 0.1) is 0 Å². The average Bonchev–Trinajstić information content (AvgIpc) is 1.85. The zero-order chi connectivity index (χ0) is 11.1. The van der Waals surface area contributed by atoms with Crippen molar-refractivity contribution in [1.82, 2.24) is 10.2 Å². The molecular weight excluding hydrogens is 298 g/mol. The molecule has 0 aliphatic carbocycles. The van der Waals surface area contributed by atoms with Crippen molar-refractivity contribution in [2.24, 2.45) is 4.99 Å². The number of nitrogens with zero attached hydrogens (tertiary/aromatic N) is 2. The van der Waals surface area contributed by atoms with Gasteiger partial charge in [0.2, 0.25) is 0 Å². The maximum absolute atomic E-state index is 10.3. The Morgan fingerprint density at radius 3 is 1.69 bits per heavy atom. The van der Waals surface area contributed by atoms with Gasteiger partial charge < -0.3 is 10.2 Å². The predicted octanol–water partition coefficient (Wildman–Crippen LogP) is 1.69. The lowest BCUT2D eigenvalue weighted by atomic mass is 10.8. The van der Waals surface area contributed by atoms with Gasteiger partial charge in [-0.3, -0.25) is 4.99 Å². The standard InChI is InChI=1S/C5H13N3.CF3I/c1-6-5(7-2)8(3)4;2-1(3,4)5/h1-4H3,(H,6,7);. The number of rotatable bonds is 0. The highest BCUT2D eigenvalue weighted by molar-refractivity contribution is 14.1. The summed E-state index contributed by atoms with van der Waals surface area (Å²) in [5.41, 5.74) is 0. The van der Waals surface area contributed by atoms with Gasteiger partial charge in [-0.1, -0.05) is 0 Å². The fourth-order valence-corrected chi connectivity index (χ4v) is 0.535. The van der Waals surface area contributed by atoms with Crippen LogP contribution in [0.4, 0.5) is 13.2 Å². The molecule has 0 aromatic heterocycles. The molecule has 0 aromatic rings. The third-order valence-corrected chi connectivity index (χ3v) is 0.859. The van der Waals surface area contributed by atoms with E-state index >= 15 is 0 Å². The molecular formula is C6H13F3IN3. The number of guanidine groups is 1. The van der Waals surface area contributed by atoms with Crippen molar-refractivity contribution in [3.05, 3.63) is 0 Å². The van der Waals surface area contributed by atoms with E-state index in [0.717, 1.165) is 5.96 Å². The maximum Gasteiger partial charge on any atom is 0.441 e. The first-order chi connectivity index (χ1) is 5.72. The lowest BCUT2D eigenvalue weighted by molar-refractivity contribution is -0.0125. The highest BCUT2D eigenvalue weighted by Gasteiger charge is 2.19. The number of halogens is 4. The third kappa shape index (κ3) is 18.6. The monoisotopic (exact) mass is 311 g/mol. The molecule has 0 aliphatic heterocycles. The van der Waals surface area contributed by atoms with Crippen LogP contribution in [0.1, 0.15) is 0 Å². The summed E-state index contributed by atoms with van der Waals surface area (Å²) in [6.45, 7) is 0. The van der Waals surface area contributed by atoms with E-state index in [0.29, 0.717) is 22.6 Å². The van der Waals surface area contributed by atoms with E-state index in [4.69, 9.17) is 0 Å². The van der Waals surface area contributed by atoms with E-state index in [1.165, 1.54) is 0 Å². The van der Waals surface area contributed by atoms with Crippen LogP contribution in [0.25, 0.3) is 0 Å². The van der Waals surface area contributed by atoms with Crippen LogP contribution in [0.3, 0.4) is 0 Å². The molecule has 0 fully saturated rings. The van der Waals surface area contributed by atoms with Crippen molar-refractivity contribution in [3.63, 3.8) is 0 Å². The molecule has 0 rings (SSSR count). The Balaban J connectivity index is 0. The molecule has 13 heavy (non-hydrogen) atoms. The van der Waals surface area contributed by atoms with Crippen molar-refractivity contribution < 1.29 is 13.2 Å². The molecule has 1 N–H and O–H groups in total. The zero-order valence-corrected chi connectivity index (χ0v) is 10.1. The van der Waals surface area contributed by atoms with Crippen molar-refractivity contribution in [2.75, 3.05) is 28.2 Å². The average molecular weight is 311 g/mol. The van der Waals surface area contributed by atoms with Crippen LogP contribution in [-0.4, -0.2) is 43.2 Å². The first kappa shape index (κ1) is 15.3. The molecule has 0 bridgehead atoms. The van der Waals surface area contributed by atoms with Crippen molar-refractivity contribution in [1.29, 1.82) is 0 Å². The molecule has 0 saturated heterocycles. The summed E-state index contributed by atoms with van der Waals surface area (Å²) >= 11 is 0.378. The minimum Gasteiger partial charge on any atom is -0.359 e. The number of hydrogen-bond donors (Lipinski definition) is 1. The van der Waals surface area contributed by atoms with E-state index in [-0.39, 0.29) is 0 Å². The van der Waals surface area contributed by atoms with Crippen molar-refractivity contribution >= 4 is 28.6 Å². The van der Waals surface area contributed by atoms with E-state index < -0.39 is 4.18 Å². The Hall–Kier alpha value is -0.210. The summed E-state index contributed by atoms with van der Waals surface area (Å²) in [4.78, 5) is 5.85. The summed E-state index contributed by atoms with van der Waals surface area (Å²) in [6, 6.07) is 0. The first-order valence-electron chi connectivity index (χ1n) is 3.29. The van der Waals surface area contributed by atoms with Gasteiger partial charge >= 0.3 is 4.18 Å². The molecule has 0 aliphatic rings. The fraction of sp³-hybridized carbons (Fsp3) is 0.833. The highest BCUT2D eigenvalue weighted by Crippen LogP contribution is 2.22. The van der Waals surface area contributed by atoms with Gasteiger partial charge in [0.15, 0.2) is 5.96 Å². The maximum atomic E-state index is 10.3. The van der Waals surface area contributed by atoms with Crippen molar-refractivity contribution in [2.45, 2.75) is 4.18 Å². The summed E-state index contributed by atoms with van der Waals surface area (Å²) in [6.07, 6.45) is 0. The van der Waals surface area contributed by atoms with Gasteiger partial charge in [-0.25, -0.2) is 0 Å². The quantitative estimate of drug-likeness (QED) is 0.319. The van der Waals surface area contributed by atoms with Gasteiger partial charge in [0, 0.05) is 50.8 Å². The number of hydrogen-bond acceptors (Lipinski definition) is 1. The second kappa shape index (κ2) is 7.22. The molecule has 0 radical (unpaired) electrons. The summed E-state index contributed by atoms with van der Waals surface area (Å²) < 4.78 is 27.0. The Labute approximate surface area is 89.5 Å². The van der Waals surface area contributed by atoms with Crippen LogP contribution in [0.5, 0.6) is 0 Å². The largest absolute Gasteiger partial charge is 0.441 e. The SMILES string of the molecule is CN=C(NC)N(C)C.FC(F)(F)I. The molecule has 0 amide bonds. The number of alkyl halides is 4. The minimum atomic E-state index is -4.03. The lowest BCUT2D eigenvalue weighted by Crippen LogP contribution is -2.33. The van der Waals surface area contributed by atoms with Gasteiger partial charge in [-0.05, 0) is 0 Å². The van der Waals surface area contributed by atoms with Gasteiger partial charge in [0.05, 0.1) is 0 Å². The summed E-state index contributed by atoms with van der Waals surface area (Å²) in [5.74, 6) is 0.894. The van der Waals surface area contributed by atoms with Gasteiger partial charge in [-0.2, -0.15) is 13.2 Å². The first-order valence-corrected chi connectivity index (χ1v) is 4.37. The smallest absolute Gasteiger partial charge is 0.359 e. The van der Waals surface area contributed by atoms with Gasteiger partial charge in [-0.15, -0.1) is 0 Å². The molecule has 7 heteroatoms. The van der Waals surface area contributed by atoms with Crippen LogP contribution >= 0.6 is 22.6 Å². The van der Waals surface area contributed by atoms with E-state index in [2.05, 4.69) is 10.3 Å². The Bertz CT molecular complexity index is 150. The topological polar surface area (TPSA) is 27.6 Å². The predicted molar refractivity (Wildman–Crippen MR) is 56.2 cm³/mol. The van der Waals surface area contributed by atoms with Crippen LogP contribution in [-0.2, 0) is 0 Å². The van der Waals surface area contributed by atoms with Crippen LogP contribution in [0.15, 0.2) is 4.99 Å².